The number of alkyl halides is 1. The lowest BCUT2D eigenvalue weighted by Gasteiger charge is -2.33. The Balaban J connectivity index is 1.83. The van der Waals surface area contributed by atoms with Crippen molar-refractivity contribution in [2.24, 2.45) is 5.92 Å². The maximum atomic E-state index is 12.5. The van der Waals surface area contributed by atoms with Gasteiger partial charge in [0.05, 0.1) is 5.92 Å². The molecule has 1 atom stereocenters. The van der Waals surface area contributed by atoms with Crippen LogP contribution in [0, 0.1) is 5.92 Å². The molecule has 0 aromatic carbocycles. The molecule has 1 N–H and O–H groups in total. The summed E-state index contributed by atoms with van der Waals surface area (Å²) in [6, 6.07) is 0.231. The average molecular weight is 330 g/mol. The number of hydrogen-bond acceptors (Lipinski definition) is 3. The summed E-state index contributed by atoms with van der Waals surface area (Å²) in [5.74, 6) is -0.283. The van der Waals surface area contributed by atoms with Crippen molar-refractivity contribution in [1.82, 2.24) is 15.1 Å². The second-order valence-corrected chi connectivity index (χ2v) is 6.61. The van der Waals surface area contributed by atoms with E-state index in [9.17, 15) is 14.4 Å². The molecule has 0 saturated carbocycles. The molecule has 7 heteroatoms. The van der Waals surface area contributed by atoms with Crippen LogP contribution < -0.4 is 5.32 Å². The van der Waals surface area contributed by atoms with Crippen LogP contribution in [0.25, 0.3) is 0 Å². The third-order valence-corrected chi connectivity index (χ3v) is 4.67. The zero-order chi connectivity index (χ0) is 16.3. The minimum atomic E-state index is -0.219. The number of amides is 3. The summed E-state index contributed by atoms with van der Waals surface area (Å²) < 4.78 is 0. The number of carbonyl (C=O) groups is 3. The maximum absolute atomic E-state index is 12.5. The van der Waals surface area contributed by atoms with Gasteiger partial charge in [0.25, 0.3) is 0 Å². The highest BCUT2D eigenvalue weighted by molar-refractivity contribution is 6.27. The molecule has 0 aromatic heterocycles. The molecule has 6 nitrogen and oxygen atoms in total. The first-order valence-electron chi connectivity index (χ1n) is 7.86. The number of piperidine rings is 1. The number of likely N-dealkylation sites (tertiary alicyclic amines) is 2. The van der Waals surface area contributed by atoms with Crippen LogP contribution in [0.15, 0.2) is 0 Å². The molecule has 2 aliphatic heterocycles. The van der Waals surface area contributed by atoms with Crippen LogP contribution in [0.5, 0.6) is 0 Å². The van der Waals surface area contributed by atoms with E-state index in [1.165, 1.54) is 0 Å². The Labute approximate surface area is 136 Å². The van der Waals surface area contributed by atoms with E-state index in [0.29, 0.717) is 26.1 Å². The molecular formula is C15H24ClN3O3. The fourth-order valence-electron chi connectivity index (χ4n) is 3.16. The van der Waals surface area contributed by atoms with E-state index in [-0.39, 0.29) is 41.6 Å². The van der Waals surface area contributed by atoms with Gasteiger partial charge in [-0.3, -0.25) is 14.4 Å². The molecule has 2 rings (SSSR count). The van der Waals surface area contributed by atoms with E-state index in [2.05, 4.69) is 5.32 Å². The summed E-state index contributed by atoms with van der Waals surface area (Å²) in [5.41, 5.74) is 0. The highest BCUT2D eigenvalue weighted by Gasteiger charge is 2.38. The number of nitrogens with zero attached hydrogens (tertiary/aromatic N) is 2. The number of carbonyl (C=O) groups excluding carboxylic acids is 3. The first-order chi connectivity index (χ1) is 10.4. The third kappa shape index (κ3) is 3.91. The first-order valence-corrected chi connectivity index (χ1v) is 8.39. The Morgan fingerprint density at radius 1 is 1.32 bits per heavy atom. The maximum Gasteiger partial charge on any atom is 0.235 e. The highest BCUT2D eigenvalue weighted by Crippen LogP contribution is 2.23. The van der Waals surface area contributed by atoms with Crippen molar-refractivity contribution in [3.63, 3.8) is 0 Å². The lowest BCUT2D eigenvalue weighted by molar-refractivity contribution is -0.137. The van der Waals surface area contributed by atoms with Crippen molar-refractivity contribution < 1.29 is 14.4 Å². The van der Waals surface area contributed by atoms with Gasteiger partial charge in [0.15, 0.2) is 0 Å². The van der Waals surface area contributed by atoms with E-state index in [4.69, 9.17) is 11.6 Å². The monoisotopic (exact) mass is 329 g/mol. The van der Waals surface area contributed by atoms with Gasteiger partial charge in [-0.15, -0.1) is 11.6 Å². The van der Waals surface area contributed by atoms with Crippen LogP contribution in [0.3, 0.4) is 0 Å². The molecule has 2 saturated heterocycles. The summed E-state index contributed by atoms with van der Waals surface area (Å²) in [6.07, 6.45) is 1.80. The fourth-order valence-corrected chi connectivity index (χ4v) is 3.24. The molecule has 124 valence electrons. The molecule has 22 heavy (non-hydrogen) atoms. The zero-order valence-electron chi connectivity index (χ0n) is 13.2. The summed E-state index contributed by atoms with van der Waals surface area (Å²) in [7, 11) is 0. The zero-order valence-corrected chi connectivity index (χ0v) is 13.9. The lowest BCUT2D eigenvalue weighted by atomic mass is 10.0. The Hall–Kier alpha value is -1.30. The van der Waals surface area contributed by atoms with E-state index >= 15 is 0 Å². The van der Waals surface area contributed by atoms with Crippen LogP contribution in [-0.4, -0.2) is 65.1 Å². The van der Waals surface area contributed by atoms with Gasteiger partial charge in [0, 0.05) is 38.1 Å². The van der Waals surface area contributed by atoms with Crippen LogP contribution in [0.1, 0.15) is 33.1 Å². The number of halogens is 1. The summed E-state index contributed by atoms with van der Waals surface area (Å²) in [4.78, 5) is 39.3. The fraction of sp³-hybridized carbons (Fsp3) is 0.800. The van der Waals surface area contributed by atoms with Gasteiger partial charge in [-0.05, 0) is 26.7 Å². The van der Waals surface area contributed by atoms with E-state index in [0.717, 1.165) is 12.8 Å². The molecule has 2 fully saturated rings. The van der Waals surface area contributed by atoms with E-state index in [1.807, 2.05) is 18.7 Å². The highest BCUT2D eigenvalue weighted by atomic mass is 35.5. The molecule has 0 aromatic rings. The smallest absolute Gasteiger partial charge is 0.235 e. The van der Waals surface area contributed by atoms with Crippen LogP contribution in [-0.2, 0) is 14.4 Å². The Morgan fingerprint density at radius 3 is 2.45 bits per heavy atom. The van der Waals surface area contributed by atoms with Crippen molar-refractivity contribution in [3.8, 4) is 0 Å². The SMILES string of the molecule is CC(C)N1CC(C(=O)N2CCC(NC(=O)CCl)CC2)CC1=O. The molecule has 1 unspecified atom stereocenters. The largest absolute Gasteiger partial charge is 0.352 e. The van der Waals surface area contributed by atoms with Gasteiger partial charge in [0.2, 0.25) is 17.7 Å². The summed E-state index contributed by atoms with van der Waals surface area (Å²) in [6.45, 7) is 5.71. The summed E-state index contributed by atoms with van der Waals surface area (Å²) in [5, 5.41) is 2.86. The predicted octanol–water partition coefficient (Wildman–Crippen LogP) is 0.589. The second kappa shape index (κ2) is 7.31. The van der Waals surface area contributed by atoms with Crippen molar-refractivity contribution in [2.45, 2.75) is 45.2 Å². The average Bonchev–Trinajstić information content (AvgIpc) is 2.89. The van der Waals surface area contributed by atoms with Crippen LogP contribution in [0.4, 0.5) is 0 Å². The molecule has 3 amide bonds. The predicted molar refractivity (Wildman–Crippen MR) is 83.4 cm³/mol. The molecule has 2 aliphatic rings. The van der Waals surface area contributed by atoms with Crippen LogP contribution in [0.2, 0.25) is 0 Å². The van der Waals surface area contributed by atoms with Gasteiger partial charge >= 0.3 is 0 Å². The molecule has 2 heterocycles. The third-order valence-electron chi connectivity index (χ3n) is 4.42. The number of hydrogen-bond donors (Lipinski definition) is 1. The van der Waals surface area contributed by atoms with Crippen molar-refractivity contribution in [3.05, 3.63) is 0 Å². The molecule has 0 radical (unpaired) electrons. The summed E-state index contributed by atoms with van der Waals surface area (Å²) >= 11 is 5.48. The Bertz CT molecular complexity index is 447. The van der Waals surface area contributed by atoms with Gasteiger partial charge in [-0.2, -0.15) is 0 Å². The second-order valence-electron chi connectivity index (χ2n) is 6.34. The number of nitrogens with one attached hydrogen (secondary N) is 1. The lowest BCUT2D eigenvalue weighted by Crippen LogP contribution is -2.48. The molecule has 0 aliphatic carbocycles. The normalized spacial score (nSPS) is 23.3. The minimum Gasteiger partial charge on any atom is -0.352 e. The minimum absolute atomic E-state index is 0.0334. The van der Waals surface area contributed by atoms with E-state index in [1.54, 1.807) is 4.90 Å². The molecule has 0 spiro atoms. The van der Waals surface area contributed by atoms with Gasteiger partial charge < -0.3 is 15.1 Å². The van der Waals surface area contributed by atoms with Gasteiger partial charge in [-0.1, -0.05) is 0 Å². The Morgan fingerprint density at radius 2 is 1.95 bits per heavy atom. The first kappa shape index (κ1) is 17.1. The number of rotatable bonds is 4. The standard InChI is InChI=1S/C15H24ClN3O3/c1-10(2)19-9-11(7-14(19)21)15(22)18-5-3-12(4-6-18)17-13(20)8-16/h10-12H,3-9H2,1-2H3,(H,17,20). The molecule has 0 bridgehead atoms. The van der Waals surface area contributed by atoms with Gasteiger partial charge in [0.1, 0.15) is 5.88 Å². The van der Waals surface area contributed by atoms with Crippen molar-refractivity contribution in [1.29, 1.82) is 0 Å². The Kier molecular flexibility index (Phi) is 5.67. The van der Waals surface area contributed by atoms with E-state index < -0.39 is 0 Å². The molecular weight excluding hydrogens is 306 g/mol. The van der Waals surface area contributed by atoms with Crippen molar-refractivity contribution in [2.75, 3.05) is 25.5 Å². The quantitative estimate of drug-likeness (QED) is 0.767. The topological polar surface area (TPSA) is 69.7 Å². The van der Waals surface area contributed by atoms with Gasteiger partial charge in [-0.25, -0.2) is 0 Å². The van der Waals surface area contributed by atoms with Crippen molar-refractivity contribution >= 4 is 29.3 Å². The van der Waals surface area contributed by atoms with Crippen LogP contribution >= 0.6 is 11.6 Å².